The molecule has 1 aromatic heterocycles. The Bertz CT molecular complexity index is 419. The second kappa shape index (κ2) is 8.52. The molecular formula is C11H20N6OS. The molecule has 0 radical (unpaired) electrons. The molecule has 0 aliphatic rings. The van der Waals surface area contributed by atoms with Crippen LogP contribution >= 0.6 is 12.2 Å². The third kappa shape index (κ3) is 6.23. The summed E-state index contributed by atoms with van der Waals surface area (Å²) in [7, 11) is 0. The zero-order valence-corrected chi connectivity index (χ0v) is 12.2. The molecule has 1 amide bonds. The predicted molar refractivity (Wildman–Crippen MR) is 76.6 cm³/mol. The highest BCUT2D eigenvalue weighted by Crippen LogP contribution is 1.99. The van der Waals surface area contributed by atoms with E-state index in [0.717, 1.165) is 25.7 Å². The average molecular weight is 284 g/mol. The minimum absolute atomic E-state index is 0.0908. The van der Waals surface area contributed by atoms with Crippen molar-refractivity contribution < 1.29 is 4.79 Å². The molecule has 1 aromatic rings. The lowest BCUT2D eigenvalue weighted by Gasteiger charge is -2.05. The number of anilines is 1. The summed E-state index contributed by atoms with van der Waals surface area (Å²) in [5.41, 5.74) is 0. The van der Waals surface area contributed by atoms with Crippen LogP contribution in [0.2, 0.25) is 0 Å². The lowest BCUT2D eigenvalue weighted by molar-refractivity contribution is -0.119. The van der Waals surface area contributed by atoms with Gasteiger partial charge in [-0.15, -0.1) is 5.10 Å². The highest BCUT2D eigenvalue weighted by molar-refractivity contribution is 7.80. The molecule has 8 heteroatoms. The minimum atomic E-state index is -0.0908. The second-order valence-electron chi connectivity index (χ2n) is 4.17. The van der Waals surface area contributed by atoms with Crippen molar-refractivity contribution in [1.82, 2.24) is 25.5 Å². The summed E-state index contributed by atoms with van der Waals surface area (Å²) in [6, 6.07) is 0. The molecule has 2 N–H and O–H groups in total. The fourth-order valence-corrected chi connectivity index (χ4v) is 1.65. The smallest absolute Gasteiger partial charge is 0.269 e. The van der Waals surface area contributed by atoms with Gasteiger partial charge in [-0.2, -0.15) is 4.80 Å². The van der Waals surface area contributed by atoms with Crippen LogP contribution in [-0.4, -0.2) is 31.2 Å². The Labute approximate surface area is 118 Å². The quantitative estimate of drug-likeness (QED) is 0.583. The van der Waals surface area contributed by atoms with Gasteiger partial charge in [0.15, 0.2) is 5.11 Å². The van der Waals surface area contributed by atoms with Gasteiger partial charge >= 0.3 is 0 Å². The number of nitrogens with one attached hydrogen (secondary N) is 2. The number of carbonyl (C=O) groups excluding carboxylic acids is 1. The Hall–Kier alpha value is -1.57. The van der Waals surface area contributed by atoms with Crippen LogP contribution < -0.4 is 10.6 Å². The van der Waals surface area contributed by atoms with Crippen LogP contribution in [0.5, 0.6) is 0 Å². The van der Waals surface area contributed by atoms with E-state index in [0.29, 0.717) is 18.9 Å². The summed E-state index contributed by atoms with van der Waals surface area (Å²) in [6.07, 6.45) is 4.40. The maximum absolute atomic E-state index is 11.5. The fraction of sp³-hybridized carbons (Fsp3) is 0.727. The molecule has 0 fully saturated rings. The first-order valence-electron chi connectivity index (χ1n) is 6.54. The van der Waals surface area contributed by atoms with Gasteiger partial charge in [0.2, 0.25) is 5.91 Å². The molecule has 7 nitrogen and oxygen atoms in total. The molecule has 1 heterocycles. The zero-order valence-electron chi connectivity index (χ0n) is 11.3. The molecule has 0 atom stereocenters. The number of carbonyl (C=O) groups is 1. The Morgan fingerprint density at radius 2 is 2.11 bits per heavy atom. The van der Waals surface area contributed by atoms with Crippen LogP contribution in [0.1, 0.15) is 46.0 Å². The highest BCUT2D eigenvalue weighted by Gasteiger charge is 2.07. The number of nitrogens with zero attached hydrogens (tertiary/aromatic N) is 4. The standard InChI is InChI=1S/C11H20N6OS/c1-3-5-6-7-9(18)12-11(19)13-10-14-16-17(15-10)8-4-2/h3-8H2,1-2H3,(H2,12,13,15,18,19). The Balaban J connectivity index is 2.31. The maximum atomic E-state index is 11.5. The van der Waals surface area contributed by atoms with E-state index in [1.54, 1.807) is 0 Å². The van der Waals surface area contributed by atoms with Gasteiger partial charge in [-0.05, 0) is 30.3 Å². The van der Waals surface area contributed by atoms with Gasteiger partial charge in [0.1, 0.15) is 0 Å². The van der Waals surface area contributed by atoms with Gasteiger partial charge in [0.05, 0.1) is 6.54 Å². The number of tetrazole rings is 1. The topological polar surface area (TPSA) is 84.7 Å². The molecule has 1 rings (SSSR count). The number of aromatic nitrogens is 4. The Morgan fingerprint density at radius 3 is 2.79 bits per heavy atom. The van der Waals surface area contributed by atoms with Crippen molar-refractivity contribution >= 4 is 29.2 Å². The highest BCUT2D eigenvalue weighted by atomic mass is 32.1. The van der Waals surface area contributed by atoms with Crippen LogP contribution in [0, 0.1) is 0 Å². The molecule has 0 spiro atoms. The van der Waals surface area contributed by atoms with Crippen molar-refractivity contribution in [2.75, 3.05) is 5.32 Å². The summed E-state index contributed by atoms with van der Waals surface area (Å²) in [4.78, 5) is 13.0. The van der Waals surface area contributed by atoms with E-state index >= 15 is 0 Å². The summed E-state index contributed by atoms with van der Waals surface area (Å²) >= 11 is 5.00. The van der Waals surface area contributed by atoms with Crippen LogP contribution in [0.25, 0.3) is 0 Å². The van der Waals surface area contributed by atoms with Crippen molar-refractivity contribution in [2.45, 2.75) is 52.5 Å². The van der Waals surface area contributed by atoms with E-state index in [2.05, 4.69) is 33.0 Å². The number of thiocarbonyl (C=S) groups is 1. The van der Waals surface area contributed by atoms with Crippen molar-refractivity contribution in [2.24, 2.45) is 0 Å². The molecular weight excluding hydrogens is 264 g/mol. The molecule has 19 heavy (non-hydrogen) atoms. The average Bonchev–Trinajstić information content (AvgIpc) is 2.77. The number of unbranched alkanes of at least 4 members (excludes halogenated alkanes) is 2. The molecule has 0 aliphatic carbocycles. The molecule has 0 aromatic carbocycles. The van der Waals surface area contributed by atoms with Crippen molar-refractivity contribution in [3.63, 3.8) is 0 Å². The molecule has 0 aliphatic heterocycles. The normalized spacial score (nSPS) is 10.2. The number of amides is 1. The third-order valence-electron chi connectivity index (χ3n) is 2.36. The second-order valence-corrected chi connectivity index (χ2v) is 4.58. The molecule has 0 saturated carbocycles. The van der Waals surface area contributed by atoms with E-state index in [1.165, 1.54) is 4.80 Å². The first-order valence-corrected chi connectivity index (χ1v) is 6.95. The summed E-state index contributed by atoms with van der Waals surface area (Å²) in [6.45, 7) is 4.82. The Kier molecular flexibility index (Phi) is 6.94. The van der Waals surface area contributed by atoms with E-state index in [4.69, 9.17) is 12.2 Å². The van der Waals surface area contributed by atoms with Gasteiger partial charge in [0, 0.05) is 6.42 Å². The van der Waals surface area contributed by atoms with Crippen LogP contribution in [-0.2, 0) is 11.3 Å². The van der Waals surface area contributed by atoms with Gasteiger partial charge in [-0.1, -0.05) is 31.8 Å². The number of hydrogen-bond acceptors (Lipinski definition) is 5. The van der Waals surface area contributed by atoms with E-state index < -0.39 is 0 Å². The van der Waals surface area contributed by atoms with Gasteiger partial charge < -0.3 is 5.32 Å². The number of rotatable bonds is 7. The molecule has 0 saturated heterocycles. The molecule has 106 valence electrons. The zero-order chi connectivity index (χ0) is 14.1. The summed E-state index contributed by atoms with van der Waals surface area (Å²) < 4.78 is 0. The van der Waals surface area contributed by atoms with Gasteiger partial charge in [0.25, 0.3) is 5.95 Å². The number of aryl methyl sites for hydroxylation is 1. The van der Waals surface area contributed by atoms with Crippen molar-refractivity contribution in [3.05, 3.63) is 0 Å². The van der Waals surface area contributed by atoms with E-state index in [9.17, 15) is 4.79 Å². The fourth-order valence-electron chi connectivity index (χ4n) is 1.45. The maximum Gasteiger partial charge on any atom is 0.269 e. The van der Waals surface area contributed by atoms with Crippen molar-refractivity contribution in [3.8, 4) is 0 Å². The summed E-state index contributed by atoms with van der Waals surface area (Å²) in [5.74, 6) is 0.208. The summed E-state index contributed by atoms with van der Waals surface area (Å²) in [5, 5.41) is 17.2. The predicted octanol–water partition coefficient (Wildman–Crippen LogP) is 1.48. The lowest BCUT2D eigenvalue weighted by atomic mass is 10.2. The monoisotopic (exact) mass is 284 g/mol. The number of hydrogen-bond donors (Lipinski definition) is 2. The van der Waals surface area contributed by atoms with Gasteiger partial charge in [-0.3, -0.25) is 10.1 Å². The molecule has 0 unspecified atom stereocenters. The van der Waals surface area contributed by atoms with E-state index in [1.807, 2.05) is 6.92 Å². The Morgan fingerprint density at radius 1 is 1.32 bits per heavy atom. The van der Waals surface area contributed by atoms with Crippen LogP contribution in [0.4, 0.5) is 5.95 Å². The third-order valence-corrected chi connectivity index (χ3v) is 2.57. The molecule has 0 bridgehead atoms. The van der Waals surface area contributed by atoms with Gasteiger partial charge in [-0.25, -0.2) is 0 Å². The largest absolute Gasteiger partial charge is 0.303 e. The van der Waals surface area contributed by atoms with Crippen LogP contribution in [0.15, 0.2) is 0 Å². The van der Waals surface area contributed by atoms with E-state index in [-0.39, 0.29) is 11.0 Å². The minimum Gasteiger partial charge on any atom is -0.303 e. The van der Waals surface area contributed by atoms with Crippen LogP contribution in [0.3, 0.4) is 0 Å². The lowest BCUT2D eigenvalue weighted by Crippen LogP contribution is -2.34. The first-order chi connectivity index (χ1) is 9.15. The van der Waals surface area contributed by atoms with Crippen molar-refractivity contribution in [1.29, 1.82) is 0 Å². The SMILES string of the molecule is CCCCCC(=O)NC(=S)Nc1nnn(CCC)n1. The first kappa shape index (κ1) is 15.5.